The molecule has 1 aromatic carbocycles. The van der Waals surface area contributed by atoms with Crippen LogP contribution in [-0.2, 0) is 4.74 Å². The van der Waals surface area contributed by atoms with E-state index in [1.165, 1.54) is 12.1 Å². The molecule has 3 rings (SSSR count). The van der Waals surface area contributed by atoms with Gasteiger partial charge in [-0.2, -0.15) is 0 Å². The minimum absolute atomic E-state index is 0.129. The molecule has 6 heteroatoms. The van der Waals surface area contributed by atoms with E-state index in [1.54, 1.807) is 12.1 Å². The molecule has 0 amide bonds. The van der Waals surface area contributed by atoms with Crippen molar-refractivity contribution in [2.75, 3.05) is 13.2 Å². The minimum Gasteiger partial charge on any atom is -0.406 e. The second-order valence-corrected chi connectivity index (χ2v) is 4.98. The fraction of sp³-hybridized carbons (Fsp3) is 0.429. The lowest BCUT2D eigenvalue weighted by Crippen LogP contribution is -2.50. The Labute approximate surface area is 114 Å². The Morgan fingerprint density at radius 1 is 1.25 bits per heavy atom. The molecule has 0 saturated carbocycles. The topological polar surface area (TPSA) is 30.5 Å². The monoisotopic (exact) mass is 285 g/mol. The van der Waals surface area contributed by atoms with Crippen LogP contribution in [0.5, 0.6) is 5.75 Å². The fourth-order valence-corrected chi connectivity index (χ4v) is 2.63. The molecule has 2 heterocycles. The molecule has 108 valence electrons. The fourth-order valence-electron chi connectivity index (χ4n) is 2.63. The Balaban J connectivity index is 1.83. The van der Waals surface area contributed by atoms with Crippen molar-refractivity contribution in [2.45, 2.75) is 24.9 Å². The standard InChI is InChI=1S/C14H14F3NO2/c15-14(16,17)20-13-3-1-2-9(6-13)10-4-11-7-19-8-12(5-10)18-11/h1-4,6,11-12,18H,5,7-8H2. The van der Waals surface area contributed by atoms with E-state index in [1.807, 2.05) is 6.08 Å². The Bertz CT molecular complexity index is 527. The first-order valence-corrected chi connectivity index (χ1v) is 6.40. The van der Waals surface area contributed by atoms with Crippen molar-refractivity contribution in [1.29, 1.82) is 0 Å². The van der Waals surface area contributed by atoms with Crippen LogP contribution in [0.4, 0.5) is 13.2 Å². The predicted octanol–water partition coefficient (Wildman–Crippen LogP) is 2.73. The van der Waals surface area contributed by atoms with Crippen molar-refractivity contribution < 1.29 is 22.6 Å². The van der Waals surface area contributed by atoms with Gasteiger partial charge in [-0.05, 0) is 29.7 Å². The van der Waals surface area contributed by atoms with E-state index in [4.69, 9.17) is 4.74 Å². The number of rotatable bonds is 2. The van der Waals surface area contributed by atoms with Crippen LogP contribution in [0.2, 0.25) is 0 Å². The zero-order chi connectivity index (χ0) is 14.2. The molecule has 1 N–H and O–H groups in total. The summed E-state index contributed by atoms with van der Waals surface area (Å²) in [6.07, 6.45) is -1.90. The van der Waals surface area contributed by atoms with Crippen molar-refractivity contribution in [2.24, 2.45) is 0 Å². The summed E-state index contributed by atoms with van der Waals surface area (Å²) in [7, 11) is 0. The SMILES string of the molecule is FC(F)(F)Oc1cccc(C2=CC3COCC(C2)N3)c1. The number of ether oxygens (including phenoxy) is 2. The van der Waals surface area contributed by atoms with E-state index in [0.29, 0.717) is 13.2 Å². The van der Waals surface area contributed by atoms with E-state index >= 15 is 0 Å². The maximum Gasteiger partial charge on any atom is 0.573 e. The highest BCUT2D eigenvalue weighted by molar-refractivity contribution is 5.68. The summed E-state index contributed by atoms with van der Waals surface area (Å²) in [6.45, 7) is 1.23. The highest BCUT2D eigenvalue weighted by atomic mass is 19.4. The Morgan fingerprint density at radius 3 is 2.85 bits per heavy atom. The summed E-state index contributed by atoms with van der Waals surface area (Å²) < 4.78 is 46.1. The van der Waals surface area contributed by atoms with Crippen LogP contribution in [0, 0.1) is 0 Å². The molecule has 2 bridgehead atoms. The van der Waals surface area contributed by atoms with Crippen molar-refractivity contribution in [3.8, 4) is 5.75 Å². The van der Waals surface area contributed by atoms with Gasteiger partial charge in [-0.15, -0.1) is 13.2 Å². The van der Waals surface area contributed by atoms with Crippen molar-refractivity contribution in [1.82, 2.24) is 5.32 Å². The normalized spacial score (nSPS) is 26.1. The molecule has 20 heavy (non-hydrogen) atoms. The highest BCUT2D eigenvalue weighted by Crippen LogP contribution is 2.30. The van der Waals surface area contributed by atoms with Crippen molar-refractivity contribution >= 4 is 5.57 Å². The number of morpholine rings is 1. The smallest absolute Gasteiger partial charge is 0.406 e. The number of benzene rings is 1. The van der Waals surface area contributed by atoms with Crippen LogP contribution in [-0.4, -0.2) is 31.7 Å². The zero-order valence-corrected chi connectivity index (χ0v) is 10.6. The number of alkyl halides is 3. The molecular weight excluding hydrogens is 271 g/mol. The number of fused-ring (bicyclic) bond motifs is 2. The maximum atomic E-state index is 12.2. The minimum atomic E-state index is -4.66. The third-order valence-electron chi connectivity index (χ3n) is 3.37. The molecule has 1 aromatic rings. The zero-order valence-electron chi connectivity index (χ0n) is 10.6. The van der Waals surface area contributed by atoms with Gasteiger partial charge in [-0.1, -0.05) is 18.2 Å². The van der Waals surface area contributed by atoms with Gasteiger partial charge < -0.3 is 14.8 Å². The van der Waals surface area contributed by atoms with Crippen LogP contribution in [0.25, 0.3) is 5.57 Å². The molecule has 0 radical (unpaired) electrons. The van der Waals surface area contributed by atoms with Gasteiger partial charge >= 0.3 is 6.36 Å². The number of hydrogen-bond acceptors (Lipinski definition) is 3. The molecule has 2 aliphatic rings. The summed E-state index contributed by atoms with van der Waals surface area (Å²) in [6, 6.07) is 6.47. The van der Waals surface area contributed by atoms with E-state index in [9.17, 15) is 13.2 Å². The maximum absolute atomic E-state index is 12.2. The predicted molar refractivity (Wildman–Crippen MR) is 67.2 cm³/mol. The lowest BCUT2D eigenvalue weighted by molar-refractivity contribution is -0.274. The van der Waals surface area contributed by atoms with Gasteiger partial charge in [0.25, 0.3) is 0 Å². The van der Waals surface area contributed by atoms with E-state index in [0.717, 1.165) is 17.6 Å². The first-order valence-electron chi connectivity index (χ1n) is 6.40. The second-order valence-electron chi connectivity index (χ2n) is 4.98. The number of halogens is 3. The molecule has 0 spiro atoms. The molecule has 2 unspecified atom stereocenters. The van der Waals surface area contributed by atoms with Crippen LogP contribution >= 0.6 is 0 Å². The van der Waals surface area contributed by atoms with E-state index < -0.39 is 6.36 Å². The van der Waals surface area contributed by atoms with Gasteiger partial charge in [0.1, 0.15) is 5.75 Å². The summed E-state index contributed by atoms with van der Waals surface area (Å²) in [5, 5.41) is 3.39. The molecule has 1 fully saturated rings. The number of hydrogen-bond donors (Lipinski definition) is 1. The molecule has 1 saturated heterocycles. The van der Waals surface area contributed by atoms with Crippen LogP contribution < -0.4 is 10.1 Å². The van der Waals surface area contributed by atoms with Crippen LogP contribution in [0.1, 0.15) is 12.0 Å². The molecule has 2 aliphatic heterocycles. The average molecular weight is 285 g/mol. The van der Waals surface area contributed by atoms with E-state index in [-0.39, 0.29) is 17.8 Å². The third-order valence-corrected chi connectivity index (χ3v) is 3.37. The van der Waals surface area contributed by atoms with Crippen LogP contribution in [0.15, 0.2) is 30.3 Å². The summed E-state index contributed by atoms with van der Waals surface area (Å²) >= 11 is 0. The van der Waals surface area contributed by atoms with Crippen molar-refractivity contribution in [3.05, 3.63) is 35.9 Å². The number of nitrogens with one attached hydrogen (secondary N) is 1. The molecular formula is C14H14F3NO2. The van der Waals surface area contributed by atoms with Gasteiger partial charge in [-0.3, -0.25) is 0 Å². The Kier molecular flexibility index (Phi) is 3.43. The average Bonchev–Trinajstić information content (AvgIpc) is 2.36. The summed E-state index contributed by atoms with van der Waals surface area (Å²) in [5.74, 6) is -0.184. The largest absolute Gasteiger partial charge is 0.573 e. The second kappa shape index (κ2) is 5.10. The molecule has 2 atom stereocenters. The van der Waals surface area contributed by atoms with Gasteiger partial charge in [0.2, 0.25) is 0 Å². The first-order chi connectivity index (χ1) is 9.49. The molecule has 0 aromatic heterocycles. The lowest BCUT2D eigenvalue weighted by Gasteiger charge is -2.35. The Morgan fingerprint density at radius 2 is 2.10 bits per heavy atom. The van der Waals surface area contributed by atoms with E-state index in [2.05, 4.69) is 10.1 Å². The highest BCUT2D eigenvalue weighted by Gasteiger charge is 2.31. The van der Waals surface area contributed by atoms with Gasteiger partial charge in [0.05, 0.1) is 13.2 Å². The molecule has 3 nitrogen and oxygen atoms in total. The summed E-state index contributed by atoms with van der Waals surface area (Å²) in [5.41, 5.74) is 1.81. The summed E-state index contributed by atoms with van der Waals surface area (Å²) in [4.78, 5) is 0. The van der Waals surface area contributed by atoms with Crippen molar-refractivity contribution in [3.63, 3.8) is 0 Å². The first kappa shape index (κ1) is 13.5. The quantitative estimate of drug-likeness (QED) is 0.906. The van der Waals surface area contributed by atoms with Gasteiger partial charge in [0, 0.05) is 12.1 Å². The van der Waals surface area contributed by atoms with Gasteiger partial charge in [0.15, 0.2) is 0 Å². The lowest BCUT2D eigenvalue weighted by atomic mass is 9.92. The third kappa shape index (κ3) is 3.13. The van der Waals surface area contributed by atoms with Gasteiger partial charge in [-0.25, -0.2) is 0 Å². The Hall–Kier alpha value is -1.53. The molecule has 0 aliphatic carbocycles. The van der Waals surface area contributed by atoms with Crippen LogP contribution in [0.3, 0.4) is 0 Å².